The largest absolute Gasteiger partial charge is 0.480 e. The van der Waals surface area contributed by atoms with E-state index < -0.39 is 29.6 Å². The zero-order valence-corrected chi connectivity index (χ0v) is 10.9. The van der Waals surface area contributed by atoms with Gasteiger partial charge in [-0.1, -0.05) is 0 Å². The lowest BCUT2D eigenvalue weighted by Gasteiger charge is -2.14. The fourth-order valence-electron chi connectivity index (χ4n) is 1.57. The Kier molecular flexibility index (Phi) is 5.19. The summed E-state index contributed by atoms with van der Waals surface area (Å²) in [5, 5.41) is 11.2. The minimum atomic E-state index is -1.27. The predicted octanol–water partition coefficient (Wildman–Crippen LogP) is 0.583. The summed E-state index contributed by atoms with van der Waals surface area (Å²) in [5.74, 6) is -3.02. The summed E-state index contributed by atoms with van der Waals surface area (Å²) in [6.45, 7) is 1.49. The monoisotopic (exact) mass is 282 g/mol. The molecule has 108 valence electrons. The first-order valence-electron chi connectivity index (χ1n) is 5.89. The smallest absolute Gasteiger partial charge is 0.326 e. The average Bonchev–Trinajstić information content (AvgIpc) is 2.36. The summed E-state index contributed by atoms with van der Waals surface area (Å²) in [7, 11) is 0. The number of nitrogens with one attached hydrogen (secondary N) is 1. The number of nitrogens with two attached hydrogens (primary N) is 1. The topological polar surface area (TPSA) is 109 Å². The third-order valence-electron chi connectivity index (χ3n) is 2.70. The first-order chi connectivity index (χ1) is 9.31. The van der Waals surface area contributed by atoms with Crippen LogP contribution in [-0.2, 0) is 9.59 Å². The predicted molar refractivity (Wildman–Crippen MR) is 68.5 cm³/mol. The van der Waals surface area contributed by atoms with E-state index in [-0.39, 0.29) is 24.0 Å². The second-order valence-electron chi connectivity index (χ2n) is 4.33. The molecule has 0 radical (unpaired) electrons. The number of hydrogen-bond acceptors (Lipinski definition) is 3. The second kappa shape index (κ2) is 6.65. The van der Waals surface area contributed by atoms with E-state index >= 15 is 0 Å². The lowest BCUT2D eigenvalue weighted by Crippen LogP contribution is -2.41. The summed E-state index contributed by atoms with van der Waals surface area (Å²) in [6.07, 6.45) is -0.254. The quantitative estimate of drug-likeness (QED) is 0.709. The molecule has 0 heterocycles. The maximum absolute atomic E-state index is 13.1. The summed E-state index contributed by atoms with van der Waals surface area (Å²) >= 11 is 0. The van der Waals surface area contributed by atoms with Gasteiger partial charge in [-0.3, -0.25) is 9.59 Å². The maximum atomic E-state index is 13.1. The van der Waals surface area contributed by atoms with Gasteiger partial charge < -0.3 is 16.2 Å². The molecule has 0 unspecified atom stereocenters. The van der Waals surface area contributed by atoms with Crippen LogP contribution in [0.15, 0.2) is 18.2 Å². The van der Waals surface area contributed by atoms with Crippen LogP contribution in [0.1, 0.15) is 28.8 Å². The van der Waals surface area contributed by atoms with Gasteiger partial charge in [-0.15, -0.1) is 0 Å². The molecule has 0 fully saturated rings. The fourth-order valence-corrected chi connectivity index (χ4v) is 1.57. The molecule has 0 spiro atoms. The summed E-state index contributed by atoms with van der Waals surface area (Å²) in [5.41, 5.74) is 5.36. The average molecular weight is 282 g/mol. The van der Waals surface area contributed by atoms with Crippen molar-refractivity contribution >= 4 is 17.8 Å². The molecule has 0 aromatic heterocycles. The van der Waals surface area contributed by atoms with Crippen molar-refractivity contribution in [3.05, 3.63) is 35.1 Å². The van der Waals surface area contributed by atoms with E-state index in [1.165, 1.54) is 19.1 Å². The van der Waals surface area contributed by atoms with Gasteiger partial charge in [-0.2, -0.15) is 0 Å². The highest BCUT2D eigenvalue weighted by Gasteiger charge is 2.21. The van der Waals surface area contributed by atoms with E-state index in [0.29, 0.717) is 0 Å². The van der Waals surface area contributed by atoms with Crippen LogP contribution in [0.2, 0.25) is 0 Å². The molecule has 0 bridgehead atoms. The van der Waals surface area contributed by atoms with Crippen molar-refractivity contribution in [1.82, 2.24) is 5.32 Å². The second-order valence-corrected chi connectivity index (χ2v) is 4.33. The van der Waals surface area contributed by atoms with Crippen molar-refractivity contribution in [3.63, 3.8) is 0 Å². The van der Waals surface area contributed by atoms with Crippen LogP contribution in [0.3, 0.4) is 0 Å². The van der Waals surface area contributed by atoms with Crippen molar-refractivity contribution in [2.45, 2.75) is 25.8 Å². The van der Waals surface area contributed by atoms with Crippen molar-refractivity contribution in [3.8, 4) is 0 Å². The number of aryl methyl sites for hydroxylation is 1. The number of halogens is 1. The van der Waals surface area contributed by atoms with Crippen molar-refractivity contribution < 1.29 is 23.9 Å². The first kappa shape index (κ1) is 15.6. The Hall–Kier alpha value is -2.44. The summed E-state index contributed by atoms with van der Waals surface area (Å²) in [6, 6.07) is 2.48. The van der Waals surface area contributed by atoms with Crippen LogP contribution < -0.4 is 11.1 Å². The third-order valence-corrected chi connectivity index (χ3v) is 2.70. The number of carbonyl (C=O) groups excluding carboxylic acids is 2. The minimum absolute atomic E-state index is 0.101. The molecule has 0 aliphatic heterocycles. The SMILES string of the molecule is Cc1cc(C(=O)N[C@H](CCC(N)=O)C(=O)O)ccc1F. The van der Waals surface area contributed by atoms with Gasteiger partial charge in [-0.05, 0) is 37.1 Å². The zero-order valence-electron chi connectivity index (χ0n) is 10.9. The van der Waals surface area contributed by atoms with E-state index in [1.54, 1.807) is 0 Å². The summed E-state index contributed by atoms with van der Waals surface area (Å²) in [4.78, 5) is 33.5. The van der Waals surface area contributed by atoms with E-state index in [1.807, 2.05) is 0 Å². The first-order valence-corrected chi connectivity index (χ1v) is 5.89. The van der Waals surface area contributed by atoms with Crippen molar-refractivity contribution in [2.75, 3.05) is 0 Å². The van der Waals surface area contributed by atoms with Gasteiger partial charge in [0.25, 0.3) is 5.91 Å². The van der Waals surface area contributed by atoms with Gasteiger partial charge in [-0.25, -0.2) is 9.18 Å². The van der Waals surface area contributed by atoms with Gasteiger partial charge in [0.05, 0.1) is 0 Å². The minimum Gasteiger partial charge on any atom is -0.480 e. The van der Waals surface area contributed by atoms with Crippen molar-refractivity contribution in [1.29, 1.82) is 0 Å². The van der Waals surface area contributed by atoms with Crippen LogP contribution >= 0.6 is 0 Å². The maximum Gasteiger partial charge on any atom is 0.326 e. The molecular formula is C13H15FN2O4. The molecule has 1 rings (SSSR count). The highest BCUT2D eigenvalue weighted by Crippen LogP contribution is 2.10. The van der Waals surface area contributed by atoms with E-state index in [0.717, 1.165) is 6.07 Å². The van der Waals surface area contributed by atoms with E-state index in [4.69, 9.17) is 10.8 Å². The van der Waals surface area contributed by atoms with Crippen LogP contribution in [-0.4, -0.2) is 28.9 Å². The zero-order chi connectivity index (χ0) is 15.3. The molecule has 0 aliphatic rings. The van der Waals surface area contributed by atoms with Gasteiger partial charge in [0.1, 0.15) is 11.9 Å². The molecule has 0 aliphatic carbocycles. The fraction of sp³-hybridized carbons (Fsp3) is 0.308. The Bertz CT molecular complexity index is 545. The van der Waals surface area contributed by atoms with Crippen LogP contribution in [0.4, 0.5) is 4.39 Å². The lowest BCUT2D eigenvalue weighted by molar-refractivity contribution is -0.139. The van der Waals surface area contributed by atoms with Crippen LogP contribution in [0.25, 0.3) is 0 Å². The molecule has 1 atom stereocenters. The van der Waals surface area contributed by atoms with Gasteiger partial charge >= 0.3 is 5.97 Å². The van der Waals surface area contributed by atoms with Gasteiger partial charge in [0.15, 0.2) is 0 Å². The Morgan fingerprint density at radius 3 is 2.55 bits per heavy atom. The molecule has 2 amide bonds. The number of benzene rings is 1. The molecule has 1 aromatic carbocycles. The Morgan fingerprint density at radius 2 is 2.05 bits per heavy atom. The van der Waals surface area contributed by atoms with E-state index in [9.17, 15) is 18.8 Å². The highest BCUT2D eigenvalue weighted by molar-refractivity contribution is 5.96. The third kappa shape index (κ3) is 4.34. The lowest BCUT2D eigenvalue weighted by atomic mass is 10.1. The number of rotatable bonds is 6. The Labute approximate surface area is 114 Å². The number of hydrogen-bond donors (Lipinski definition) is 3. The molecule has 4 N–H and O–H groups in total. The molecule has 20 heavy (non-hydrogen) atoms. The number of carboxylic acids is 1. The Morgan fingerprint density at radius 1 is 1.40 bits per heavy atom. The number of aliphatic carboxylic acids is 1. The van der Waals surface area contributed by atoms with Gasteiger partial charge in [0, 0.05) is 12.0 Å². The van der Waals surface area contributed by atoms with E-state index in [2.05, 4.69) is 5.32 Å². The van der Waals surface area contributed by atoms with Crippen molar-refractivity contribution in [2.24, 2.45) is 5.73 Å². The van der Waals surface area contributed by atoms with Gasteiger partial charge in [0.2, 0.25) is 5.91 Å². The number of primary amides is 1. The highest BCUT2D eigenvalue weighted by atomic mass is 19.1. The molecule has 0 saturated heterocycles. The molecule has 7 heteroatoms. The standard InChI is InChI=1S/C13H15FN2O4/c1-7-6-8(2-3-9(7)14)12(18)16-10(13(19)20)4-5-11(15)17/h2-3,6,10H,4-5H2,1H3,(H2,15,17)(H,16,18)(H,19,20)/t10-/m1/s1. The number of amides is 2. The van der Waals surface area contributed by atoms with Crippen LogP contribution in [0, 0.1) is 12.7 Å². The Balaban J connectivity index is 2.77. The summed E-state index contributed by atoms with van der Waals surface area (Å²) < 4.78 is 13.1. The molecule has 0 saturated carbocycles. The normalized spacial score (nSPS) is 11.7. The molecule has 1 aromatic rings. The number of carboxylic acid groups (broad SMARTS) is 1. The number of carbonyl (C=O) groups is 3. The van der Waals surface area contributed by atoms with Crippen LogP contribution in [0.5, 0.6) is 0 Å². The molecular weight excluding hydrogens is 267 g/mol. The molecule has 6 nitrogen and oxygen atoms in total.